The third-order valence-corrected chi connectivity index (χ3v) is 4.16. The highest BCUT2D eigenvalue weighted by molar-refractivity contribution is 9.10. The molecule has 0 radical (unpaired) electrons. The van der Waals surface area contributed by atoms with Crippen LogP contribution in [-0.4, -0.2) is 9.55 Å². The van der Waals surface area contributed by atoms with Crippen molar-refractivity contribution >= 4 is 38.6 Å². The van der Waals surface area contributed by atoms with E-state index in [2.05, 4.69) is 20.9 Å². The van der Waals surface area contributed by atoms with E-state index in [4.69, 9.17) is 11.6 Å². The van der Waals surface area contributed by atoms with Crippen LogP contribution >= 0.6 is 27.5 Å². The van der Waals surface area contributed by atoms with Crippen LogP contribution in [0.2, 0.25) is 0 Å². The van der Waals surface area contributed by atoms with Crippen molar-refractivity contribution in [1.29, 1.82) is 0 Å². The fourth-order valence-corrected chi connectivity index (χ4v) is 2.87. The largest absolute Gasteiger partial charge is 0.322 e. The summed E-state index contributed by atoms with van der Waals surface area (Å²) in [5.74, 6) is 0.443. The second-order valence-electron chi connectivity index (χ2n) is 4.91. The van der Waals surface area contributed by atoms with Gasteiger partial charge in [0.25, 0.3) is 0 Å². The monoisotopic (exact) mass is 366 g/mol. The van der Waals surface area contributed by atoms with Gasteiger partial charge in [-0.15, -0.1) is 11.6 Å². The third-order valence-electron chi connectivity index (χ3n) is 3.36. The summed E-state index contributed by atoms with van der Waals surface area (Å²) in [5, 5.41) is -0.247. The molecule has 0 saturated heterocycles. The average Bonchev–Trinajstić information content (AvgIpc) is 2.79. The summed E-state index contributed by atoms with van der Waals surface area (Å²) in [7, 11) is 0. The molecule has 108 valence electrons. The first kappa shape index (κ1) is 14.5. The molecule has 1 unspecified atom stereocenters. The molecule has 3 rings (SSSR count). The Bertz CT molecular complexity index is 784. The van der Waals surface area contributed by atoms with Crippen molar-refractivity contribution in [2.45, 2.75) is 18.8 Å². The van der Waals surface area contributed by atoms with Crippen LogP contribution in [0.25, 0.3) is 11.0 Å². The number of nitrogens with zero attached hydrogens (tertiary/aromatic N) is 2. The van der Waals surface area contributed by atoms with Crippen LogP contribution in [0.4, 0.5) is 4.39 Å². The van der Waals surface area contributed by atoms with Gasteiger partial charge in [-0.05, 0) is 34.5 Å². The predicted octanol–water partition coefficient (Wildman–Crippen LogP) is 5.29. The summed E-state index contributed by atoms with van der Waals surface area (Å²) >= 11 is 9.43. The Kier molecular flexibility index (Phi) is 4.00. The highest BCUT2D eigenvalue weighted by Gasteiger charge is 2.17. The van der Waals surface area contributed by atoms with E-state index in [1.165, 1.54) is 6.07 Å². The molecule has 0 amide bonds. The second-order valence-corrected chi connectivity index (χ2v) is 6.42. The van der Waals surface area contributed by atoms with Crippen LogP contribution in [0.3, 0.4) is 0 Å². The lowest BCUT2D eigenvalue weighted by atomic mass is 10.2. The molecule has 2 aromatic carbocycles. The SMILES string of the molecule is CC(Cl)c1nc2cc(Br)c(F)cc2n1Cc1ccccc1. The van der Waals surface area contributed by atoms with E-state index in [9.17, 15) is 4.39 Å². The zero-order valence-corrected chi connectivity index (χ0v) is 13.7. The molecule has 0 fully saturated rings. The van der Waals surface area contributed by atoms with E-state index < -0.39 is 0 Å². The summed E-state index contributed by atoms with van der Waals surface area (Å²) in [6.45, 7) is 2.49. The number of rotatable bonds is 3. The first-order chi connectivity index (χ1) is 10.1. The Morgan fingerprint density at radius 1 is 1.29 bits per heavy atom. The Hall–Kier alpha value is -1.39. The molecule has 1 aromatic heterocycles. The highest BCUT2D eigenvalue weighted by atomic mass is 79.9. The minimum Gasteiger partial charge on any atom is -0.322 e. The lowest BCUT2D eigenvalue weighted by Crippen LogP contribution is -2.05. The van der Waals surface area contributed by atoms with Crippen molar-refractivity contribution in [1.82, 2.24) is 9.55 Å². The van der Waals surface area contributed by atoms with E-state index >= 15 is 0 Å². The van der Waals surface area contributed by atoms with Crippen LogP contribution < -0.4 is 0 Å². The minimum atomic E-state index is -0.300. The number of imidazole rings is 1. The smallest absolute Gasteiger partial charge is 0.139 e. The van der Waals surface area contributed by atoms with Gasteiger partial charge in [0.15, 0.2) is 0 Å². The number of benzene rings is 2. The molecular formula is C16H13BrClFN2. The number of halogens is 3. The molecule has 0 spiro atoms. The second kappa shape index (κ2) is 5.78. The molecule has 1 atom stereocenters. The summed E-state index contributed by atoms with van der Waals surface area (Å²) in [5.41, 5.74) is 2.61. The summed E-state index contributed by atoms with van der Waals surface area (Å²) < 4.78 is 16.2. The van der Waals surface area contributed by atoms with Crippen LogP contribution in [0, 0.1) is 5.82 Å². The molecule has 2 nitrogen and oxygen atoms in total. The molecule has 5 heteroatoms. The van der Waals surface area contributed by atoms with E-state index in [-0.39, 0.29) is 11.2 Å². The number of aromatic nitrogens is 2. The summed E-state index contributed by atoms with van der Waals surface area (Å²) in [4.78, 5) is 4.54. The van der Waals surface area contributed by atoms with Crippen LogP contribution in [0.5, 0.6) is 0 Å². The average molecular weight is 368 g/mol. The Labute approximate surface area is 135 Å². The number of fused-ring (bicyclic) bond motifs is 1. The molecule has 3 aromatic rings. The van der Waals surface area contributed by atoms with E-state index in [0.717, 1.165) is 22.4 Å². The molecular weight excluding hydrogens is 355 g/mol. The van der Waals surface area contributed by atoms with E-state index in [1.54, 1.807) is 6.07 Å². The van der Waals surface area contributed by atoms with Gasteiger partial charge in [0, 0.05) is 12.6 Å². The van der Waals surface area contributed by atoms with Gasteiger partial charge in [0.05, 0.1) is 20.9 Å². The van der Waals surface area contributed by atoms with Gasteiger partial charge in [-0.25, -0.2) is 9.37 Å². The first-order valence-electron chi connectivity index (χ1n) is 6.59. The van der Waals surface area contributed by atoms with Crippen molar-refractivity contribution < 1.29 is 4.39 Å². The molecule has 0 aliphatic heterocycles. The van der Waals surface area contributed by atoms with E-state index in [1.807, 2.05) is 41.8 Å². The van der Waals surface area contributed by atoms with Crippen molar-refractivity contribution in [3.63, 3.8) is 0 Å². The maximum Gasteiger partial charge on any atom is 0.139 e. The lowest BCUT2D eigenvalue weighted by molar-refractivity contribution is 0.621. The van der Waals surface area contributed by atoms with Crippen LogP contribution in [0.1, 0.15) is 23.7 Å². The van der Waals surface area contributed by atoms with Crippen LogP contribution in [0.15, 0.2) is 46.9 Å². The Morgan fingerprint density at radius 3 is 2.67 bits per heavy atom. The zero-order valence-electron chi connectivity index (χ0n) is 11.4. The Balaban J connectivity index is 2.18. The first-order valence-corrected chi connectivity index (χ1v) is 7.82. The van der Waals surface area contributed by atoms with Crippen molar-refractivity contribution in [3.8, 4) is 0 Å². The summed E-state index contributed by atoms with van der Waals surface area (Å²) in [6.07, 6.45) is 0. The van der Waals surface area contributed by atoms with Gasteiger partial charge < -0.3 is 4.57 Å². The maximum absolute atomic E-state index is 13.9. The topological polar surface area (TPSA) is 17.8 Å². The third kappa shape index (κ3) is 2.83. The van der Waals surface area contributed by atoms with Gasteiger partial charge >= 0.3 is 0 Å². The normalized spacial score (nSPS) is 12.8. The molecule has 0 bridgehead atoms. The molecule has 0 N–H and O–H groups in total. The van der Waals surface area contributed by atoms with Crippen molar-refractivity contribution in [3.05, 3.63) is 64.1 Å². The minimum absolute atomic E-state index is 0.247. The fourth-order valence-electron chi connectivity index (χ4n) is 2.37. The van der Waals surface area contributed by atoms with Crippen LogP contribution in [-0.2, 0) is 6.54 Å². The number of hydrogen-bond acceptors (Lipinski definition) is 1. The highest BCUT2D eigenvalue weighted by Crippen LogP contribution is 2.29. The molecule has 0 aliphatic rings. The zero-order chi connectivity index (χ0) is 15.0. The van der Waals surface area contributed by atoms with Gasteiger partial charge in [0.2, 0.25) is 0 Å². The standard InChI is InChI=1S/C16H13BrClFN2/c1-10(18)16-20-14-7-12(17)13(19)8-15(14)21(16)9-11-5-3-2-4-6-11/h2-8,10H,9H2,1H3. The van der Waals surface area contributed by atoms with Gasteiger partial charge in [0.1, 0.15) is 11.6 Å². The lowest BCUT2D eigenvalue weighted by Gasteiger charge is -2.10. The quantitative estimate of drug-likeness (QED) is 0.575. The van der Waals surface area contributed by atoms with Gasteiger partial charge in [-0.3, -0.25) is 0 Å². The molecule has 21 heavy (non-hydrogen) atoms. The number of alkyl halides is 1. The number of hydrogen-bond donors (Lipinski definition) is 0. The molecule has 1 heterocycles. The molecule has 0 aliphatic carbocycles. The fraction of sp³-hybridized carbons (Fsp3) is 0.188. The van der Waals surface area contributed by atoms with E-state index in [0.29, 0.717) is 11.0 Å². The predicted molar refractivity (Wildman–Crippen MR) is 87.2 cm³/mol. The molecule has 0 saturated carbocycles. The van der Waals surface area contributed by atoms with Crippen molar-refractivity contribution in [2.24, 2.45) is 0 Å². The Morgan fingerprint density at radius 2 is 2.00 bits per heavy atom. The maximum atomic E-state index is 13.9. The summed E-state index contributed by atoms with van der Waals surface area (Å²) in [6, 6.07) is 13.2. The van der Waals surface area contributed by atoms with Crippen molar-refractivity contribution in [2.75, 3.05) is 0 Å². The van der Waals surface area contributed by atoms with Gasteiger partial charge in [-0.1, -0.05) is 30.3 Å². The van der Waals surface area contributed by atoms with Gasteiger partial charge in [-0.2, -0.15) is 0 Å².